The van der Waals surface area contributed by atoms with Crippen LogP contribution in [0, 0.1) is 5.41 Å². The summed E-state index contributed by atoms with van der Waals surface area (Å²) in [4.78, 5) is 0. The molecule has 1 atom stereocenters. The molecule has 0 N–H and O–H groups in total. The quantitative estimate of drug-likeness (QED) is 0.722. The molecule has 0 aliphatic carbocycles. The summed E-state index contributed by atoms with van der Waals surface area (Å²) in [5, 5.41) is 0. The van der Waals surface area contributed by atoms with Crippen molar-refractivity contribution in [3.63, 3.8) is 0 Å². The highest BCUT2D eigenvalue weighted by molar-refractivity contribution is 9.24. The van der Waals surface area contributed by atoms with E-state index in [1.54, 1.807) is 7.11 Å². The Morgan fingerprint density at radius 1 is 1.27 bits per heavy atom. The van der Waals surface area contributed by atoms with Gasteiger partial charge in [-0.15, -0.1) is 0 Å². The van der Waals surface area contributed by atoms with Gasteiger partial charge in [0.05, 0.1) is 9.84 Å². The molecule has 3 heteroatoms. The van der Waals surface area contributed by atoms with Gasteiger partial charge in [-0.1, -0.05) is 52.6 Å². The van der Waals surface area contributed by atoms with Gasteiger partial charge in [0, 0.05) is 7.11 Å². The Bertz CT molecular complexity index is 107. The summed E-state index contributed by atoms with van der Waals surface area (Å²) in [6.45, 7) is 6.55. The van der Waals surface area contributed by atoms with Crippen molar-refractivity contribution >= 4 is 31.9 Å². The van der Waals surface area contributed by atoms with E-state index in [-0.39, 0.29) is 5.41 Å². The fourth-order valence-corrected chi connectivity index (χ4v) is 1.64. The lowest BCUT2D eigenvalue weighted by Gasteiger charge is -2.29. The number of alkyl halides is 2. The fourth-order valence-electron chi connectivity index (χ4n) is 0.965. The molecule has 0 unspecified atom stereocenters. The van der Waals surface area contributed by atoms with Gasteiger partial charge in [0.25, 0.3) is 0 Å². The molecule has 0 heterocycles. The van der Waals surface area contributed by atoms with Crippen LogP contribution in [0.1, 0.15) is 27.2 Å². The summed E-state index contributed by atoms with van der Waals surface area (Å²) in [6.07, 6.45) is 1.28. The van der Waals surface area contributed by atoms with Crippen molar-refractivity contribution in [2.24, 2.45) is 5.41 Å². The van der Waals surface area contributed by atoms with Gasteiger partial charge in [0.2, 0.25) is 0 Å². The molecule has 1 nitrogen and oxygen atoms in total. The van der Waals surface area contributed by atoms with Gasteiger partial charge in [0.1, 0.15) is 0 Å². The smallest absolute Gasteiger partial charge is 0.0722 e. The van der Waals surface area contributed by atoms with E-state index in [0.29, 0.717) is 9.84 Å². The van der Waals surface area contributed by atoms with Crippen LogP contribution in [-0.2, 0) is 4.74 Å². The highest BCUT2D eigenvalue weighted by atomic mass is 79.9. The molecule has 68 valence electrons. The van der Waals surface area contributed by atoms with Crippen molar-refractivity contribution < 1.29 is 4.74 Å². The van der Waals surface area contributed by atoms with Crippen molar-refractivity contribution in [3.8, 4) is 0 Å². The minimum Gasteiger partial charge on any atom is -0.381 e. The van der Waals surface area contributed by atoms with Crippen LogP contribution < -0.4 is 0 Å². The van der Waals surface area contributed by atoms with Crippen LogP contribution in [0.5, 0.6) is 0 Å². The standard InChI is InChI=1S/C8H16Br2O/c1-8(2,3)6(11-4)5-7(9)10/h6-7H,5H2,1-4H3/t6-/m0/s1. The Kier molecular flexibility index (Phi) is 5.23. The summed E-state index contributed by atoms with van der Waals surface area (Å²) in [6, 6.07) is 0. The van der Waals surface area contributed by atoms with Gasteiger partial charge in [-0.25, -0.2) is 0 Å². The number of hydrogen-bond donors (Lipinski definition) is 0. The monoisotopic (exact) mass is 286 g/mol. The summed E-state index contributed by atoms with van der Waals surface area (Å²) in [7, 11) is 1.76. The van der Waals surface area contributed by atoms with Crippen LogP contribution in [-0.4, -0.2) is 17.0 Å². The second kappa shape index (κ2) is 4.83. The van der Waals surface area contributed by atoms with Gasteiger partial charge >= 0.3 is 0 Å². The van der Waals surface area contributed by atoms with Crippen LogP contribution in [0.3, 0.4) is 0 Å². The highest BCUT2D eigenvalue weighted by Gasteiger charge is 2.25. The molecule has 0 bridgehead atoms. The zero-order valence-corrected chi connectivity index (χ0v) is 10.7. The molecule has 11 heavy (non-hydrogen) atoms. The minimum atomic E-state index is 0.217. The molecule has 0 saturated carbocycles. The van der Waals surface area contributed by atoms with Gasteiger partial charge in [-0.2, -0.15) is 0 Å². The fraction of sp³-hybridized carbons (Fsp3) is 1.00. The van der Waals surface area contributed by atoms with Crippen molar-refractivity contribution in [3.05, 3.63) is 0 Å². The third-order valence-electron chi connectivity index (χ3n) is 1.64. The summed E-state index contributed by atoms with van der Waals surface area (Å²) >= 11 is 6.89. The van der Waals surface area contributed by atoms with E-state index in [1.807, 2.05) is 0 Å². The van der Waals surface area contributed by atoms with E-state index in [1.165, 1.54) is 0 Å². The lowest BCUT2D eigenvalue weighted by atomic mass is 9.87. The molecule has 0 fully saturated rings. The third-order valence-corrected chi connectivity index (χ3v) is 2.39. The van der Waals surface area contributed by atoms with Gasteiger partial charge in [-0.05, 0) is 11.8 Å². The minimum absolute atomic E-state index is 0.217. The van der Waals surface area contributed by atoms with E-state index < -0.39 is 0 Å². The number of ether oxygens (including phenoxy) is 1. The predicted octanol–water partition coefficient (Wildman–Crippen LogP) is 3.55. The van der Waals surface area contributed by atoms with Gasteiger partial charge in [0.15, 0.2) is 0 Å². The summed E-state index contributed by atoms with van der Waals surface area (Å²) < 4.78 is 5.71. The first kappa shape index (κ1) is 11.9. The maximum absolute atomic E-state index is 5.37. The molecule has 0 saturated heterocycles. The topological polar surface area (TPSA) is 9.23 Å². The maximum atomic E-state index is 5.37. The van der Waals surface area contributed by atoms with E-state index in [9.17, 15) is 0 Å². The molecule has 0 aliphatic rings. The van der Waals surface area contributed by atoms with E-state index in [2.05, 4.69) is 52.6 Å². The second-order valence-electron chi connectivity index (χ2n) is 3.72. The highest BCUT2D eigenvalue weighted by Crippen LogP contribution is 2.28. The Hall–Kier alpha value is 0.920. The van der Waals surface area contributed by atoms with Crippen LogP contribution in [0.25, 0.3) is 0 Å². The molecule has 0 radical (unpaired) electrons. The number of hydrogen-bond acceptors (Lipinski definition) is 1. The first-order valence-corrected chi connectivity index (χ1v) is 5.52. The first-order valence-electron chi connectivity index (χ1n) is 3.69. The van der Waals surface area contributed by atoms with Crippen molar-refractivity contribution in [2.45, 2.75) is 37.0 Å². The molecule has 0 aromatic carbocycles. The van der Waals surface area contributed by atoms with E-state index >= 15 is 0 Å². The van der Waals surface area contributed by atoms with Crippen molar-refractivity contribution in [2.75, 3.05) is 7.11 Å². The Balaban J connectivity index is 3.96. The normalized spacial score (nSPS) is 15.5. The third kappa shape index (κ3) is 5.21. The molecule has 0 rings (SSSR count). The SMILES string of the molecule is CO[C@@H](CC(Br)Br)C(C)(C)C. The second-order valence-corrected chi connectivity index (χ2v) is 7.16. The molecule has 0 aromatic heterocycles. The molecule has 0 spiro atoms. The van der Waals surface area contributed by atoms with E-state index in [0.717, 1.165) is 6.42 Å². The summed E-state index contributed by atoms with van der Waals surface area (Å²) in [5.41, 5.74) is 0.217. The molecule has 0 aromatic rings. The molecule has 0 aliphatic heterocycles. The summed E-state index contributed by atoms with van der Waals surface area (Å²) in [5.74, 6) is 0. The van der Waals surface area contributed by atoms with Crippen LogP contribution >= 0.6 is 31.9 Å². The predicted molar refractivity (Wildman–Crippen MR) is 56.5 cm³/mol. The molecular weight excluding hydrogens is 272 g/mol. The zero-order chi connectivity index (χ0) is 9.07. The van der Waals surface area contributed by atoms with Crippen molar-refractivity contribution in [1.29, 1.82) is 0 Å². The van der Waals surface area contributed by atoms with Crippen LogP contribution in [0.2, 0.25) is 0 Å². The maximum Gasteiger partial charge on any atom is 0.0722 e. The lowest BCUT2D eigenvalue weighted by molar-refractivity contribution is 0.0144. The zero-order valence-electron chi connectivity index (χ0n) is 7.53. The Labute approximate surface area is 86.1 Å². The Morgan fingerprint density at radius 3 is 1.82 bits per heavy atom. The van der Waals surface area contributed by atoms with Crippen molar-refractivity contribution in [1.82, 2.24) is 0 Å². The molecule has 0 amide bonds. The lowest BCUT2D eigenvalue weighted by Crippen LogP contribution is -2.29. The van der Waals surface area contributed by atoms with Gasteiger partial charge in [-0.3, -0.25) is 0 Å². The average molecular weight is 288 g/mol. The first-order chi connectivity index (χ1) is 4.88. The number of methoxy groups -OCH3 is 1. The van der Waals surface area contributed by atoms with Crippen LogP contribution in [0.15, 0.2) is 0 Å². The average Bonchev–Trinajstić information content (AvgIpc) is 1.79. The largest absolute Gasteiger partial charge is 0.381 e. The Morgan fingerprint density at radius 2 is 1.73 bits per heavy atom. The molecular formula is C8H16Br2O. The van der Waals surface area contributed by atoms with Gasteiger partial charge < -0.3 is 4.74 Å². The number of halogens is 2. The van der Waals surface area contributed by atoms with Crippen LogP contribution in [0.4, 0.5) is 0 Å². The number of rotatable bonds is 3. The van der Waals surface area contributed by atoms with E-state index in [4.69, 9.17) is 4.74 Å².